The van der Waals surface area contributed by atoms with Gasteiger partial charge in [0.05, 0.1) is 6.61 Å². The van der Waals surface area contributed by atoms with Crippen LogP contribution in [0.1, 0.15) is 19.3 Å². The predicted molar refractivity (Wildman–Crippen MR) is 72.2 cm³/mol. The minimum absolute atomic E-state index is 0.168. The van der Waals surface area contributed by atoms with Gasteiger partial charge in [0.15, 0.2) is 0 Å². The standard InChI is InChI=1S/C14H18ClNO2/c15-12-4-1-5-13(9-12)18-8-6-14(17)11-3-2-7-16-10-11/h1,4-5,9,11,16H,2-3,6-8,10H2. The zero-order valence-electron chi connectivity index (χ0n) is 10.3. The third-order valence-corrected chi connectivity index (χ3v) is 3.40. The average molecular weight is 268 g/mol. The smallest absolute Gasteiger partial charge is 0.140 e. The van der Waals surface area contributed by atoms with E-state index in [9.17, 15) is 4.79 Å². The molecule has 1 saturated heterocycles. The number of ketones is 1. The number of piperidine rings is 1. The first-order valence-corrected chi connectivity index (χ1v) is 6.75. The van der Waals surface area contributed by atoms with Crippen molar-refractivity contribution in [2.75, 3.05) is 19.7 Å². The molecule has 18 heavy (non-hydrogen) atoms. The van der Waals surface area contributed by atoms with Crippen LogP contribution in [0, 0.1) is 5.92 Å². The summed E-state index contributed by atoms with van der Waals surface area (Å²) in [4.78, 5) is 11.9. The lowest BCUT2D eigenvalue weighted by atomic mass is 9.94. The van der Waals surface area contributed by atoms with Crippen molar-refractivity contribution in [2.45, 2.75) is 19.3 Å². The Morgan fingerprint density at radius 3 is 3.11 bits per heavy atom. The molecule has 4 heteroatoms. The van der Waals surface area contributed by atoms with Crippen LogP contribution in [0.2, 0.25) is 5.02 Å². The molecule has 0 saturated carbocycles. The maximum absolute atomic E-state index is 11.9. The van der Waals surface area contributed by atoms with Crippen LogP contribution < -0.4 is 10.1 Å². The quantitative estimate of drug-likeness (QED) is 0.891. The van der Waals surface area contributed by atoms with Crippen LogP contribution >= 0.6 is 11.6 Å². The summed E-state index contributed by atoms with van der Waals surface area (Å²) in [7, 11) is 0. The van der Waals surface area contributed by atoms with Gasteiger partial charge in [0.25, 0.3) is 0 Å². The molecule has 1 aliphatic rings. The molecule has 1 aromatic rings. The summed E-state index contributed by atoms with van der Waals surface area (Å²) in [5.41, 5.74) is 0. The number of hydrogen-bond acceptors (Lipinski definition) is 3. The van der Waals surface area contributed by atoms with Crippen molar-refractivity contribution in [2.24, 2.45) is 5.92 Å². The summed E-state index contributed by atoms with van der Waals surface area (Å²) >= 11 is 5.85. The van der Waals surface area contributed by atoms with Gasteiger partial charge in [0.1, 0.15) is 11.5 Å². The van der Waals surface area contributed by atoms with Crippen LogP contribution in [-0.4, -0.2) is 25.5 Å². The van der Waals surface area contributed by atoms with Gasteiger partial charge in [0, 0.05) is 23.9 Å². The van der Waals surface area contributed by atoms with Gasteiger partial charge in [-0.1, -0.05) is 17.7 Å². The SMILES string of the molecule is O=C(CCOc1cccc(Cl)c1)C1CCCNC1. The fourth-order valence-electron chi connectivity index (χ4n) is 2.16. The number of Topliss-reactive ketones (excluding diaryl/α,β-unsaturated/α-hetero) is 1. The van der Waals surface area contributed by atoms with Crippen molar-refractivity contribution in [3.05, 3.63) is 29.3 Å². The van der Waals surface area contributed by atoms with Gasteiger partial charge in [-0.15, -0.1) is 0 Å². The first kappa shape index (κ1) is 13.4. The molecule has 1 aliphatic heterocycles. The molecular weight excluding hydrogens is 250 g/mol. The highest BCUT2D eigenvalue weighted by molar-refractivity contribution is 6.30. The van der Waals surface area contributed by atoms with Gasteiger partial charge >= 0.3 is 0 Å². The molecule has 0 amide bonds. The Bertz CT molecular complexity index is 403. The summed E-state index contributed by atoms with van der Waals surface area (Å²) in [5.74, 6) is 1.18. The molecule has 1 fully saturated rings. The number of carbonyl (C=O) groups is 1. The molecule has 1 aromatic carbocycles. The van der Waals surface area contributed by atoms with E-state index >= 15 is 0 Å². The summed E-state index contributed by atoms with van der Waals surface area (Å²) in [6, 6.07) is 7.24. The lowest BCUT2D eigenvalue weighted by molar-refractivity contribution is -0.123. The third kappa shape index (κ3) is 4.00. The van der Waals surface area contributed by atoms with E-state index in [2.05, 4.69) is 5.32 Å². The van der Waals surface area contributed by atoms with Crippen LogP contribution in [0.25, 0.3) is 0 Å². The van der Waals surface area contributed by atoms with Gasteiger partial charge in [-0.2, -0.15) is 0 Å². The monoisotopic (exact) mass is 267 g/mol. The maximum Gasteiger partial charge on any atom is 0.140 e. The first-order valence-electron chi connectivity index (χ1n) is 6.37. The Morgan fingerprint density at radius 1 is 1.50 bits per heavy atom. The summed E-state index contributed by atoms with van der Waals surface area (Å²) < 4.78 is 5.52. The van der Waals surface area contributed by atoms with E-state index < -0.39 is 0 Å². The highest BCUT2D eigenvalue weighted by Crippen LogP contribution is 2.18. The van der Waals surface area contributed by atoms with E-state index in [1.807, 2.05) is 12.1 Å². The first-order chi connectivity index (χ1) is 8.75. The van der Waals surface area contributed by atoms with Crippen molar-refractivity contribution in [1.82, 2.24) is 5.32 Å². The minimum atomic E-state index is 0.168. The van der Waals surface area contributed by atoms with Gasteiger partial charge < -0.3 is 10.1 Å². The van der Waals surface area contributed by atoms with E-state index in [0.29, 0.717) is 23.8 Å². The molecule has 98 valence electrons. The number of rotatable bonds is 5. The topological polar surface area (TPSA) is 38.3 Å². The second-order valence-corrected chi connectivity index (χ2v) is 5.00. The van der Waals surface area contributed by atoms with Crippen molar-refractivity contribution in [3.8, 4) is 5.75 Å². The number of benzene rings is 1. The Morgan fingerprint density at radius 2 is 2.39 bits per heavy atom. The van der Waals surface area contributed by atoms with Crippen molar-refractivity contribution >= 4 is 17.4 Å². The molecule has 1 N–H and O–H groups in total. The number of nitrogens with one attached hydrogen (secondary N) is 1. The summed E-state index contributed by atoms with van der Waals surface area (Å²) in [5, 5.41) is 3.90. The maximum atomic E-state index is 11.9. The van der Waals surface area contributed by atoms with Gasteiger partial charge in [-0.05, 0) is 37.6 Å². The number of ether oxygens (including phenoxy) is 1. The molecule has 1 atom stereocenters. The molecule has 0 aromatic heterocycles. The molecule has 0 aliphatic carbocycles. The van der Waals surface area contributed by atoms with Crippen LogP contribution in [0.3, 0.4) is 0 Å². The second-order valence-electron chi connectivity index (χ2n) is 4.57. The molecule has 2 rings (SSSR count). The Kier molecular flexibility index (Phi) is 5.02. The van der Waals surface area contributed by atoms with Gasteiger partial charge in [-0.3, -0.25) is 4.79 Å². The predicted octanol–water partition coefficient (Wildman–Crippen LogP) is 2.68. The molecule has 1 heterocycles. The largest absolute Gasteiger partial charge is 0.493 e. The van der Waals surface area contributed by atoms with E-state index in [1.54, 1.807) is 12.1 Å². The third-order valence-electron chi connectivity index (χ3n) is 3.17. The highest BCUT2D eigenvalue weighted by Gasteiger charge is 2.20. The van der Waals surface area contributed by atoms with Crippen molar-refractivity contribution in [1.29, 1.82) is 0 Å². The Hall–Kier alpha value is -1.06. The second kappa shape index (κ2) is 6.76. The van der Waals surface area contributed by atoms with Crippen LogP contribution in [0.4, 0.5) is 0 Å². The van der Waals surface area contributed by atoms with E-state index in [-0.39, 0.29) is 5.92 Å². The average Bonchev–Trinajstić information content (AvgIpc) is 2.40. The molecule has 3 nitrogen and oxygen atoms in total. The van der Waals surface area contributed by atoms with E-state index in [0.717, 1.165) is 31.7 Å². The highest BCUT2D eigenvalue weighted by atomic mass is 35.5. The zero-order chi connectivity index (χ0) is 12.8. The molecule has 0 bridgehead atoms. The lowest BCUT2D eigenvalue weighted by Crippen LogP contribution is -2.34. The number of hydrogen-bond donors (Lipinski definition) is 1. The van der Waals surface area contributed by atoms with Crippen molar-refractivity contribution in [3.63, 3.8) is 0 Å². The molecular formula is C14H18ClNO2. The zero-order valence-corrected chi connectivity index (χ0v) is 11.1. The van der Waals surface area contributed by atoms with E-state index in [4.69, 9.17) is 16.3 Å². The van der Waals surface area contributed by atoms with Gasteiger partial charge in [-0.25, -0.2) is 0 Å². The lowest BCUT2D eigenvalue weighted by Gasteiger charge is -2.21. The van der Waals surface area contributed by atoms with E-state index in [1.165, 1.54) is 0 Å². The fraction of sp³-hybridized carbons (Fsp3) is 0.500. The normalized spacial score (nSPS) is 19.5. The van der Waals surface area contributed by atoms with Crippen LogP contribution in [0.15, 0.2) is 24.3 Å². The molecule has 0 spiro atoms. The number of halogens is 1. The van der Waals surface area contributed by atoms with Crippen molar-refractivity contribution < 1.29 is 9.53 Å². The summed E-state index contributed by atoms with van der Waals surface area (Å²) in [6.07, 6.45) is 2.56. The molecule has 0 radical (unpaired) electrons. The molecule has 1 unspecified atom stereocenters. The Balaban J connectivity index is 1.73. The van der Waals surface area contributed by atoms with Crippen LogP contribution in [0.5, 0.6) is 5.75 Å². The Labute approximate surface area is 112 Å². The summed E-state index contributed by atoms with van der Waals surface area (Å²) in [6.45, 7) is 2.27. The fourth-order valence-corrected chi connectivity index (χ4v) is 2.34. The number of carbonyl (C=O) groups excluding carboxylic acids is 1. The minimum Gasteiger partial charge on any atom is -0.493 e. The van der Waals surface area contributed by atoms with Crippen LogP contribution in [-0.2, 0) is 4.79 Å². The van der Waals surface area contributed by atoms with Gasteiger partial charge in [0.2, 0.25) is 0 Å².